The van der Waals surface area contributed by atoms with Crippen LogP contribution in [0.25, 0.3) is 0 Å². The molecule has 0 amide bonds. The smallest absolute Gasteiger partial charge is 0.0666 e. The molecule has 0 spiro atoms. The van der Waals surface area contributed by atoms with Gasteiger partial charge in [-0.3, -0.25) is 0 Å². The average molecular weight is 285 g/mol. The summed E-state index contributed by atoms with van der Waals surface area (Å²) in [5.41, 5.74) is 0. The van der Waals surface area contributed by atoms with E-state index in [1.165, 1.54) is 37.9 Å². The van der Waals surface area contributed by atoms with E-state index >= 15 is 0 Å². The summed E-state index contributed by atoms with van der Waals surface area (Å²) in [6.07, 6.45) is 7.24. The van der Waals surface area contributed by atoms with Crippen molar-refractivity contribution in [2.45, 2.75) is 70.3 Å². The van der Waals surface area contributed by atoms with Crippen LogP contribution in [0.15, 0.2) is 0 Å². The summed E-state index contributed by atoms with van der Waals surface area (Å²) in [6.45, 7) is 9.10. The third-order valence-electron chi connectivity index (χ3n) is 4.76. The largest absolute Gasteiger partial charge is 0.377 e. The van der Waals surface area contributed by atoms with Gasteiger partial charge in [0.2, 0.25) is 0 Å². The van der Waals surface area contributed by atoms with Gasteiger partial charge >= 0.3 is 0 Å². The van der Waals surface area contributed by atoms with Crippen molar-refractivity contribution in [2.24, 2.45) is 11.8 Å². The monoisotopic (exact) mass is 285 g/mol. The molecule has 0 radical (unpaired) electrons. The van der Waals surface area contributed by atoms with E-state index in [9.17, 15) is 0 Å². The van der Waals surface area contributed by atoms with Gasteiger partial charge in [-0.25, -0.2) is 0 Å². The van der Waals surface area contributed by atoms with Crippen LogP contribution in [0, 0.1) is 11.8 Å². The van der Waals surface area contributed by atoms with Crippen LogP contribution < -0.4 is 5.32 Å². The van der Waals surface area contributed by atoms with Crippen molar-refractivity contribution >= 4 is 11.8 Å². The number of hydrogen-bond acceptors (Lipinski definition) is 3. The molecule has 0 aromatic carbocycles. The molecule has 2 nitrogen and oxygen atoms in total. The first-order chi connectivity index (χ1) is 9.20. The summed E-state index contributed by atoms with van der Waals surface area (Å²) in [6, 6.07) is 0.728. The second-order valence-electron chi connectivity index (χ2n) is 6.49. The Hall–Kier alpha value is 0.270. The highest BCUT2D eigenvalue weighted by Crippen LogP contribution is 2.37. The zero-order valence-electron chi connectivity index (χ0n) is 12.9. The van der Waals surface area contributed by atoms with Crippen molar-refractivity contribution in [3.63, 3.8) is 0 Å². The minimum Gasteiger partial charge on any atom is -0.377 e. The highest BCUT2D eigenvalue weighted by Gasteiger charge is 2.32. The Morgan fingerprint density at radius 2 is 2.11 bits per heavy atom. The topological polar surface area (TPSA) is 21.3 Å². The van der Waals surface area contributed by atoms with Gasteiger partial charge in [0.1, 0.15) is 0 Å². The lowest BCUT2D eigenvalue weighted by molar-refractivity contribution is 0.128. The minimum atomic E-state index is 0.534. The summed E-state index contributed by atoms with van der Waals surface area (Å²) in [5, 5.41) is 4.50. The van der Waals surface area contributed by atoms with Gasteiger partial charge in [-0.15, -0.1) is 0 Å². The van der Waals surface area contributed by atoms with Crippen molar-refractivity contribution in [3.05, 3.63) is 0 Å². The fourth-order valence-electron chi connectivity index (χ4n) is 3.45. The van der Waals surface area contributed by atoms with Crippen molar-refractivity contribution in [3.8, 4) is 0 Å². The SMILES string of the molecule is CCNC1CCC(C(C)C)CC1SCC1CCCO1. The summed E-state index contributed by atoms with van der Waals surface area (Å²) in [7, 11) is 0. The quantitative estimate of drug-likeness (QED) is 0.804. The highest BCUT2D eigenvalue weighted by molar-refractivity contribution is 8.00. The third-order valence-corrected chi connectivity index (χ3v) is 6.27. The van der Waals surface area contributed by atoms with Gasteiger partial charge in [-0.1, -0.05) is 20.8 Å². The Labute approximate surface area is 123 Å². The number of ether oxygens (including phenoxy) is 1. The summed E-state index contributed by atoms with van der Waals surface area (Å²) in [5.74, 6) is 2.97. The van der Waals surface area contributed by atoms with Gasteiger partial charge in [-0.05, 0) is 50.5 Å². The molecule has 4 unspecified atom stereocenters. The Balaban J connectivity index is 1.83. The summed E-state index contributed by atoms with van der Waals surface area (Å²) >= 11 is 2.18. The van der Waals surface area contributed by atoms with Crippen LogP contribution in [-0.2, 0) is 4.74 Å². The van der Waals surface area contributed by atoms with Crippen LogP contribution in [0.5, 0.6) is 0 Å². The van der Waals surface area contributed by atoms with Crippen molar-refractivity contribution in [1.29, 1.82) is 0 Å². The van der Waals surface area contributed by atoms with Crippen LogP contribution in [0.3, 0.4) is 0 Å². The molecule has 1 saturated heterocycles. The number of rotatable bonds is 6. The molecule has 19 heavy (non-hydrogen) atoms. The zero-order valence-corrected chi connectivity index (χ0v) is 13.7. The van der Waals surface area contributed by atoms with E-state index in [2.05, 4.69) is 37.8 Å². The lowest BCUT2D eigenvalue weighted by Crippen LogP contribution is -2.43. The molecule has 4 atom stereocenters. The normalized spacial score (nSPS) is 36.0. The Bertz CT molecular complexity index is 253. The fourth-order valence-corrected chi connectivity index (χ4v) is 5.02. The molecule has 1 N–H and O–H groups in total. The van der Waals surface area contributed by atoms with E-state index in [0.717, 1.165) is 36.3 Å². The molecule has 0 aromatic rings. The van der Waals surface area contributed by atoms with Crippen molar-refractivity contribution in [1.82, 2.24) is 5.32 Å². The highest BCUT2D eigenvalue weighted by atomic mass is 32.2. The molecule has 0 bridgehead atoms. The minimum absolute atomic E-state index is 0.534. The molecular weight excluding hydrogens is 254 g/mol. The fraction of sp³-hybridized carbons (Fsp3) is 1.00. The van der Waals surface area contributed by atoms with Crippen molar-refractivity contribution in [2.75, 3.05) is 18.9 Å². The average Bonchev–Trinajstić information content (AvgIpc) is 2.90. The van der Waals surface area contributed by atoms with Crippen LogP contribution in [-0.4, -0.2) is 36.3 Å². The standard InChI is InChI=1S/C16H31NOS/c1-4-17-15-8-7-13(12(2)3)10-16(15)19-11-14-6-5-9-18-14/h12-17H,4-11H2,1-3H3. The Kier molecular flexibility index (Phi) is 6.51. The van der Waals surface area contributed by atoms with E-state index in [1.807, 2.05) is 0 Å². The first-order valence-corrected chi connectivity index (χ1v) is 9.22. The number of thioether (sulfide) groups is 1. The van der Waals surface area contributed by atoms with Gasteiger partial charge in [0.15, 0.2) is 0 Å². The lowest BCUT2D eigenvalue weighted by atomic mass is 9.79. The van der Waals surface area contributed by atoms with Crippen molar-refractivity contribution < 1.29 is 4.74 Å². The first kappa shape index (κ1) is 15.7. The van der Waals surface area contributed by atoms with E-state index in [4.69, 9.17) is 4.74 Å². The Morgan fingerprint density at radius 1 is 1.26 bits per heavy atom. The molecule has 1 aliphatic heterocycles. The van der Waals surface area contributed by atoms with Gasteiger partial charge in [-0.2, -0.15) is 11.8 Å². The molecule has 3 heteroatoms. The maximum absolute atomic E-state index is 5.77. The van der Waals surface area contributed by atoms with Gasteiger partial charge in [0, 0.05) is 23.7 Å². The molecule has 2 aliphatic rings. The van der Waals surface area contributed by atoms with Crippen LogP contribution in [0.1, 0.15) is 52.9 Å². The van der Waals surface area contributed by atoms with Crippen LogP contribution in [0.2, 0.25) is 0 Å². The summed E-state index contributed by atoms with van der Waals surface area (Å²) in [4.78, 5) is 0. The Morgan fingerprint density at radius 3 is 2.74 bits per heavy atom. The molecule has 2 rings (SSSR count). The summed E-state index contributed by atoms with van der Waals surface area (Å²) < 4.78 is 5.77. The lowest BCUT2D eigenvalue weighted by Gasteiger charge is -2.38. The molecular formula is C16H31NOS. The molecule has 1 heterocycles. The van der Waals surface area contributed by atoms with E-state index in [-0.39, 0.29) is 0 Å². The maximum atomic E-state index is 5.77. The van der Waals surface area contributed by atoms with Crippen LogP contribution >= 0.6 is 11.8 Å². The van der Waals surface area contributed by atoms with Gasteiger partial charge in [0.05, 0.1) is 6.10 Å². The number of nitrogens with one attached hydrogen (secondary N) is 1. The second-order valence-corrected chi connectivity index (χ2v) is 7.76. The predicted octanol–water partition coefficient (Wildman–Crippen LogP) is 3.70. The van der Waals surface area contributed by atoms with Gasteiger partial charge in [0.25, 0.3) is 0 Å². The van der Waals surface area contributed by atoms with E-state index in [1.54, 1.807) is 0 Å². The van der Waals surface area contributed by atoms with Crippen LogP contribution in [0.4, 0.5) is 0 Å². The molecule has 1 aliphatic carbocycles. The zero-order chi connectivity index (χ0) is 13.7. The molecule has 112 valence electrons. The number of hydrogen-bond donors (Lipinski definition) is 1. The molecule has 0 aromatic heterocycles. The van der Waals surface area contributed by atoms with E-state index in [0.29, 0.717) is 6.10 Å². The first-order valence-electron chi connectivity index (χ1n) is 8.17. The predicted molar refractivity (Wildman–Crippen MR) is 84.9 cm³/mol. The van der Waals surface area contributed by atoms with E-state index < -0.39 is 0 Å². The molecule has 1 saturated carbocycles. The molecule has 2 fully saturated rings. The maximum Gasteiger partial charge on any atom is 0.0666 e. The van der Waals surface area contributed by atoms with Gasteiger partial charge < -0.3 is 10.1 Å². The second kappa shape index (κ2) is 7.90. The third kappa shape index (κ3) is 4.64.